The molecule has 0 fully saturated rings. The summed E-state index contributed by atoms with van der Waals surface area (Å²) >= 11 is 4.76. The van der Waals surface area contributed by atoms with E-state index in [-0.39, 0.29) is 4.90 Å². The number of halogens is 2. The Morgan fingerprint density at radius 3 is 2.71 bits per heavy atom. The first kappa shape index (κ1) is 16.2. The van der Waals surface area contributed by atoms with E-state index in [4.69, 9.17) is 0 Å². The molecule has 1 N–H and O–H groups in total. The highest BCUT2D eigenvalue weighted by atomic mass is 79.9. The van der Waals surface area contributed by atoms with Crippen molar-refractivity contribution < 1.29 is 12.8 Å². The third-order valence-electron chi connectivity index (χ3n) is 2.49. The summed E-state index contributed by atoms with van der Waals surface area (Å²) < 4.78 is 37.3. The Morgan fingerprint density at radius 1 is 1.38 bits per heavy atom. The van der Waals surface area contributed by atoms with E-state index in [2.05, 4.69) is 31.2 Å². The second-order valence-electron chi connectivity index (χ2n) is 4.09. The van der Waals surface area contributed by atoms with Crippen LogP contribution in [0.1, 0.15) is 0 Å². The molecule has 1 aromatic heterocycles. The number of rotatable bonds is 4. The van der Waals surface area contributed by atoms with Crippen LogP contribution in [-0.4, -0.2) is 30.9 Å². The zero-order valence-corrected chi connectivity index (χ0v) is 14.3. The van der Waals surface area contributed by atoms with Crippen LogP contribution in [0, 0.1) is 5.82 Å². The number of nitrogens with zero attached hydrogens (tertiary/aromatic N) is 2. The summed E-state index contributed by atoms with van der Waals surface area (Å²) in [5.74, 6) is -0.488. The molecule has 0 saturated carbocycles. The Balaban J connectivity index is 2.36. The van der Waals surface area contributed by atoms with Gasteiger partial charge in [-0.15, -0.1) is 11.8 Å². The molecule has 0 saturated heterocycles. The fraction of sp³-hybridized carbons (Fsp3) is 0.167. The molecule has 0 atom stereocenters. The van der Waals surface area contributed by atoms with Crippen molar-refractivity contribution >= 4 is 49.2 Å². The molecule has 0 aliphatic rings. The summed E-state index contributed by atoms with van der Waals surface area (Å²) in [6.07, 6.45) is 4.41. The lowest BCUT2D eigenvalue weighted by Crippen LogP contribution is -2.03. The molecule has 9 heteroatoms. The van der Waals surface area contributed by atoms with Gasteiger partial charge >= 0.3 is 0 Å². The number of thioether (sulfide) groups is 1. The minimum atomic E-state index is -3.64. The van der Waals surface area contributed by atoms with Gasteiger partial charge in [-0.3, -0.25) is 0 Å². The quantitative estimate of drug-likeness (QED) is 0.636. The summed E-state index contributed by atoms with van der Waals surface area (Å²) in [6, 6.07) is 3.73. The van der Waals surface area contributed by atoms with Crippen LogP contribution in [0.2, 0.25) is 0 Å². The van der Waals surface area contributed by atoms with Crippen LogP contribution < -0.4 is 5.32 Å². The van der Waals surface area contributed by atoms with Crippen molar-refractivity contribution in [3.05, 3.63) is 34.7 Å². The first-order chi connectivity index (χ1) is 9.81. The van der Waals surface area contributed by atoms with Gasteiger partial charge in [-0.1, -0.05) is 0 Å². The van der Waals surface area contributed by atoms with E-state index in [0.717, 1.165) is 21.8 Å². The van der Waals surface area contributed by atoms with Crippen LogP contribution in [0.4, 0.5) is 16.0 Å². The van der Waals surface area contributed by atoms with Crippen molar-refractivity contribution in [2.24, 2.45) is 0 Å². The number of benzene rings is 1. The van der Waals surface area contributed by atoms with E-state index in [1.165, 1.54) is 23.9 Å². The lowest BCUT2D eigenvalue weighted by molar-refractivity contribution is 0.571. The summed E-state index contributed by atoms with van der Waals surface area (Å²) in [4.78, 5) is 7.96. The average molecular weight is 392 g/mol. The van der Waals surface area contributed by atoms with E-state index in [1.54, 1.807) is 6.20 Å². The molecule has 0 aliphatic carbocycles. The third kappa shape index (κ3) is 3.92. The van der Waals surface area contributed by atoms with Gasteiger partial charge in [0.1, 0.15) is 15.7 Å². The maximum absolute atomic E-state index is 13.5. The number of anilines is 2. The Bertz CT molecular complexity index is 784. The summed E-state index contributed by atoms with van der Waals surface area (Å²) in [6.45, 7) is 0. The van der Waals surface area contributed by atoms with Crippen LogP contribution in [0.3, 0.4) is 0 Å². The topological polar surface area (TPSA) is 72.0 Å². The molecular formula is C12H11BrFN3O2S2. The highest BCUT2D eigenvalue weighted by Crippen LogP contribution is 2.26. The second-order valence-corrected chi connectivity index (χ2v) is 7.73. The van der Waals surface area contributed by atoms with Crippen LogP contribution in [0.5, 0.6) is 0 Å². The number of aromatic nitrogens is 2. The highest BCUT2D eigenvalue weighted by Gasteiger charge is 2.14. The second kappa shape index (κ2) is 6.29. The molecule has 0 aliphatic heterocycles. The predicted octanol–water partition coefficient (Wildman–Crippen LogP) is 3.25. The zero-order chi connectivity index (χ0) is 15.6. The van der Waals surface area contributed by atoms with Crippen molar-refractivity contribution in [3.63, 3.8) is 0 Å². The largest absolute Gasteiger partial charge is 0.324 e. The van der Waals surface area contributed by atoms with Crippen molar-refractivity contribution in [3.8, 4) is 0 Å². The lowest BCUT2D eigenvalue weighted by atomic mass is 10.3. The molecule has 1 aromatic carbocycles. The van der Waals surface area contributed by atoms with Gasteiger partial charge in [0.25, 0.3) is 0 Å². The summed E-state index contributed by atoms with van der Waals surface area (Å²) in [5, 5.41) is 3.59. The Labute approximate surface area is 134 Å². The molecule has 0 unspecified atom stereocenters. The lowest BCUT2D eigenvalue weighted by Gasteiger charge is -2.08. The maximum Gasteiger partial charge on any atom is 0.228 e. The molecule has 0 spiro atoms. The predicted molar refractivity (Wildman–Crippen MR) is 84.3 cm³/mol. The third-order valence-corrected chi connectivity index (χ3v) is 5.14. The molecule has 2 rings (SSSR count). The minimum Gasteiger partial charge on any atom is -0.324 e. The fourth-order valence-electron chi connectivity index (χ4n) is 1.55. The monoisotopic (exact) mass is 391 g/mol. The van der Waals surface area contributed by atoms with Crippen molar-refractivity contribution in [1.29, 1.82) is 0 Å². The van der Waals surface area contributed by atoms with Gasteiger partial charge in [-0.2, -0.15) is 0 Å². The number of nitrogens with one attached hydrogen (secondary N) is 1. The molecule has 21 heavy (non-hydrogen) atoms. The molecule has 0 radical (unpaired) electrons. The first-order valence-electron chi connectivity index (χ1n) is 5.64. The Hall–Kier alpha value is -1.19. The molecule has 112 valence electrons. The average Bonchev–Trinajstić information content (AvgIpc) is 2.42. The Kier molecular flexibility index (Phi) is 4.84. The molecule has 0 amide bonds. The molecule has 2 aromatic rings. The van der Waals surface area contributed by atoms with Crippen molar-refractivity contribution in [2.45, 2.75) is 9.92 Å². The van der Waals surface area contributed by atoms with Crippen molar-refractivity contribution in [2.75, 3.05) is 17.8 Å². The van der Waals surface area contributed by atoms with Crippen molar-refractivity contribution in [1.82, 2.24) is 9.97 Å². The fourth-order valence-corrected chi connectivity index (χ4v) is 3.41. The molecule has 1 heterocycles. The van der Waals surface area contributed by atoms with Gasteiger partial charge < -0.3 is 5.32 Å². The van der Waals surface area contributed by atoms with Gasteiger partial charge in [0.2, 0.25) is 5.95 Å². The maximum atomic E-state index is 13.5. The molecular weight excluding hydrogens is 381 g/mol. The van der Waals surface area contributed by atoms with Crippen LogP contribution in [0.15, 0.2) is 38.8 Å². The minimum absolute atomic E-state index is 0.300. The van der Waals surface area contributed by atoms with E-state index < -0.39 is 15.7 Å². The van der Waals surface area contributed by atoms with E-state index in [1.807, 2.05) is 6.26 Å². The number of sulfone groups is 1. The molecule has 0 bridgehead atoms. The van der Waals surface area contributed by atoms with Gasteiger partial charge in [-0.25, -0.2) is 22.8 Å². The summed E-state index contributed by atoms with van der Waals surface area (Å²) in [7, 11) is -3.64. The van der Waals surface area contributed by atoms with Crippen LogP contribution in [0.25, 0.3) is 0 Å². The molecule has 5 nitrogen and oxygen atoms in total. The van der Waals surface area contributed by atoms with Gasteiger partial charge in [0, 0.05) is 18.1 Å². The van der Waals surface area contributed by atoms with Gasteiger partial charge in [0.15, 0.2) is 9.84 Å². The standard InChI is InChI=1S/C12H11BrFN3O2S2/c1-20-11-8(13)6-15-12(17-11)16-7-3-4-9(14)10(5-7)21(2,18)19/h3-6H,1-2H3,(H,15,16,17). The van der Waals surface area contributed by atoms with Gasteiger partial charge in [0.05, 0.1) is 4.47 Å². The smallest absolute Gasteiger partial charge is 0.228 e. The highest BCUT2D eigenvalue weighted by molar-refractivity contribution is 9.10. The van der Waals surface area contributed by atoms with Gasteiger partial charge in [-0.05, 0) is 40.4 Å². The SMILES string of the molecule is CSc1nc(Nc2ccc(F)c(S(C)(=O)=O)c2)ncc1Br. The summed E-state index contributed by atoms with van der Waals surface area (Å²) in [5.41, 5.74) is 0.395. The van der Waals surface area contributed by atoms with E-state index >= 15 is 0 Å². The normalized spacial score (nSPS) is 11.4. The Morgan fingerprint density at radius 2 is 2.10 bits per heavy atom. The zero-order valence-electron chi connectivity index (χ0n) is 11.1. The van der Waals surface area contributed by atoms with E-state index in [9.17, 15) is 12.8 Å². The number of hydrogen-bond acceptors (Lipinski definition) is 6. The van der Waals surface area contributed by atoms with Crippen LogP contribution >= 0.6 is 27.7 Å². The number of hydrogen-bond donors (Lipinski definition) is 1. The van der Waals surface area contributed by atoms with Crippen LogP contribution in [-0.2, 0) is 9.84 Å². The van der Waals surface area contributed by atoms with E-state index in [0.29, 0.717) is 11.6 Å². The first-order valence-corrected chi connectivity index (χ1v) is 9.55.